The van der Waals surface area contributed by atoms with E-state index >= 15 is 0 Å². The van der Waals surface area contributed by atoms with Gasteiger partial charge in [-0.25, -0.2) is 0 Å². The highest BCUT2D eigenvalue weighted by molar-refractivity contribution is 7.10. The summed E-state index contributed by atoms with van der Waals surface area (Å²) < 4.78 is 4.54. The first-order valence-electron chi connectivity index (χ1n) is 4.19. The molecule has 0 aliphatic carbocycles. The van der Waals surface area contributed by atoms with Crippen LogP contribution in [-0.4, -0.2) is 13.1 Å². The Morgan fingerprint density at radius 1 is 1.79 bits per heavy atom. The molecule has 3 nitrogen and oxygen atoms in total. The number of ether oxygens (including phenoxy) is 1. The van der Waals surface area contributed by atoms with Crippen LogP contribution in [0.1, 0.15) is 10.4 Å². The van der Waals surface area contributed by atoms with Crippen molar-refractivity contribution < 1.29 is 9.53 Å². The molecule has 1 heterocycles. The Hall–Kier alpha value is -1.34. The average molecular weight is 209 g/mol. The van der Waals surface area contributed by atoms with Crippen LogP contribution in [-0.2, 0) is 16.0 Å². The fourth-order valence-electron chi connectivity index (χ4n) is 1.12. The maximum atomic E-state index is 11.1. The average Bonchev–Trinajstić information content (AvgIpc) is 2.59. The SMILES string of the molecule is COC(=O)C(C#N)Cc1sccc1C. The van der Waals surface area contributed by atoms with Crippen LogP contribution in [0.2, 0.25) is 0 Å². The third-order valence-electron chi connectivity index (χ3n) is 2.00. The third-order valence-corrected chi connectivity index (χ3v) is 3.04. The van der Waals surface area contributed by atoms with Crippen LogP contribution in [0.15, 0.2) is 11.4 Å². The monoisotopic (exact) mass is 209 g/mol. The standard InChI is InChI=1S/C10H11NO2S/c1-7-3-4-14-9(7)5-8(6-11)10(12)13-2/h3-4,8H,5H2,1-2H3. The van der Waals surface area contributed by atoms with E-state index in [-0.39, 0.29) is 0 Å². The lowest BCUT2D eigenvalue weighted by Gasteiger charge is -2.05. The summed E-state index contributed by atoms with van der Waals surface area (Å²) in [6, 6.07) is 3.93. The molecule has 0 fully saturated rings. The maximum absolute atomic E-state index is 11.1. The molecule has 0 saturated carbocycles. The molecule has 1 unspecified atom stereocenters. The van der Waals surface area contributed by atoms with E-state index in [4.69, 9.17) is 5.26 Å². The Bertz CT molecular complexity index is 364. The molecule has 0 spiro atoms. The molecule has 0 N–H and O–H groups in total. The first kappa shape index (κ1) is 10.7. The van der Waals surface area contributed by atoms with Gasteiger partial charge in [-0.15, -0.1) is 11.3 Å². The van der Waals surface area contributed by atoms with Gasteiger partial charge in [0.1, 0.15) is 5.92 Å². The van der Waals surface area contributed by atoms with Gasteiger partial charge in [-0.2, -0.15) is 5.26 Å². The summed E-state index contributed by atoms with van der Waals surface area (Å²) in [6.07, 6.45) is 0.451. The molecule has 0 saturated heterocycles. The lowest BCUT2D eigenvalue weighted by molar-refractivity contribution is -0.143. The topological polar surface area (TPSA) is 50.1 Å². The second-order valence-electron chi connectivity index (χ2n) is 2.94. The number of hydrogen-bond acceptors (Lipinski definition) is 4. The number of aryl methyl sites for hydroxylation is 1. The Labute approximate surface area is 86.9 Å². The Morgan fingerprint density at radius 3 is 2.93 bits per heavy atom. The molecule has 74 valence electrons. The molecule has 1 aromatic heterocycles. The van der Waals surface area contributed by atoms with Crippen LogP contribution in [0.25, 0.3) is 0 Å². The molecule has 14 heavy (non-hydrogen) atoms. The molecule has 0 aliphatic rings. The van der Waals surface area contributed by atoms with Crippen molar-refractivity contribution in [3.05, 3.63) is 21.9 Å². The van der Waals surface area contributed by atoms with Gasteiger partial charge in [-0.1, -0.05) is 0 Å². The van der Waals surface area contributed by atoms with E-state index in [1.54, 1.807) is 11.3 Å². The van der Waals surface area contributed by atoms with Crippen molar-refractivity contribution in [2.75, 3.05) is 7.11 Å². The summed E-state index contributed by atoms with van der Waals surface area (Å²) >= 11 is 1.56. The second-order valence-corrected chi connectivity index (χ2v) is 3.94. The van der Waals surface area contributed by atoms with Crippen LogP contribution >= 0.6 is 11.3 Å². The number of nitriles is 1. The van der Waals surface area contributed by atoms with Crippen LogP contribution in [0.5, 0.6) is 0 Å². The van der Waals surface area contributed by atoms with Crippen LogP contribution < -0.4 is 0 Å². The first-order chi connectivity index (χ1) is 6.69. The van der Waals surface area contributed by atoms with Crippen LogP contribution in [0, 0.1) is 24.2 Å². The highest BCUT2D eigenvalue weighted by Crippen LogP contribution is 2.20. The Morgan fingerprint density at radius 2 is 2.50 bits per heavy atom. The highest BCUT2D eigenvalue weighted by Gasteiger charge is 2.20. The van der Waals surface area contributed by atoms with E-state index in [1.165, 1.54) is 7.11 Å². The minimum absolute atomic E-state index is 0.451. The van der Waals surface area contributed by atoms with Gasteiger partial charge in [0.2, 0.25) is 0 Å². The molecule has 1 atom stereocenters. The largest absolute Gasteiger partial charge is 0.468 e. The second kappa shape index (κ2) is 4.77. The van der Waals surface area contributed by atoms with E-state index in [2.05, 4.69) is 4.74 Å². The predicted molar refractivity (Wildman–Crippen MR) is 53.9 cm³/mol. The zero-order valence-electron chi connectivity index (χ0n) is 8.11. The van der Waals surface area contributed by atoms with Gasteiger partial charge < -0.3 is 4.74 Å². The van der Waals surface area contributed by atoms with Crippen molar-refractivity contribution in [3.8, 4) is 6.07 Å². The van der Waals surface area contributed by atoms with Crippen molar-refractivity contribution in [2.45, 2.75) is 13.3 Å². The molecule has 0 aromatic carbocycles. The zero-order valence-corrected chi connectivity index (χ0v) is 8.93. The molecule has 1 aromatic rings. The van der Waals surface area contributed by atoms with E-state index in [0.29, 0.717) is 6.42 Å². The van der Waals surface area contributed by atoms with E-state index in [9.17, 15) is 4.79 Å². The molecular weight excluding hydrogens is 198 g/mol. The van der Waals surface area contributed by atoms with Crippen molar-refractivity contribution in [1.82, 2.24) is 0 Å². The van der Waals surface area contributed by atoms with E-state index in [1.807, 2.05) is 24.4 Å². The Balaban J connectivity index is 2.72. The third kappa shape index (κ3) is 2.33. The number of hydrogen-bond donors (Lipinski definition) is 0. The fourth-order valence-corrected chi connectivity index (χ4v) is 2.08. The van der Waals surface area contributed by atoms with Crippen molar-refractivity contribution in [1.29, 1.82) is 5.26 Å². The lowest BCUT2D eigenvalue weighted by atomic mass is 10.1. The summed E-state index contributed by atoms with van der Waals surface area (Å²) in [5.41, 5.74) is 1.12. The summed E-state index contributed by atoms with van der Waals surface area (Å²) in [7, 11) is 1.30. The van der Waals surface area contributed by atoms with E-state index in [0.717, 1.165) is 10.4 Å². The molecule has 1 rings (SSSR count). The van der Waals surface area contributed by atoms with Crippen molar-refractivity contribution >= 4 is 17.3 Å². The Kier molecular flexibility index (Phi) is 3.66. The van der Waals surface area contributed by atoms with Crippen LogP contribution in [0.3, 0.4) is 0 Å². The van der Waals surface area contributed by atoms with E-state index < -0.39 is 11.9 Å². The number of nitrogens with zero attached hydrogens (tertiary/aromatic N) is 1. The lowest BCUT2D eigenvalue weighted by Crippen LogP contribution is -2.16. The minimum atomic E-state index is -0.683. The van der Waals surface area contributed by atoms with Gasteiger partial charge in [0, 0.05) is 11.3 Å². The fraction of sp³-hybridized carbons (Fsp3) is 0.400. The number of methoxy groups -OCH3 is 1. The molecule has 0 aliphatic heterocycles. The zero-order chi connectivity index (χ0) is 10.6. The quantitative estimate of drug-likeness (QED) is 0.714. The maximum Gasteiger partial charge on any atom is 0.323 e. The molecule has 0 radical (unpaired) electrons. The summed E-state index contributed by atoms with van der Waals surface area (Å²) in [6.45, 7) is 1.97. The van der Waals surface area contributed by atoms with Crippen LogP contribution in [0.4, 0.5) is 0 Å². The number of thiophene rings is 1. The predicted octanol–water partition coefficient (Wildman–Crippen LogP) is 1.91. The number of rotatable bonds is 3. The summed E-state index contributed by atoms with van der Waals surface area (Å²) in [5.74, 6) is -1.14. The van der Waals surface area contributed by atoms with Gasteiger partial charge in [0.05, 0.1) is 13.2 Å². The molecule has 0 amide bonds. The number of carbonyl (C=O) groups excluding carboxylic acids is 1. The highest BCUT2D eigenvalue weighted by atomic mass is 32.1. The minimum Gasteiger partial charge on any atom is -0.468 e. The van der Waals surface area contributed by atoms with Gasteiger partial charge in [-0.05, 0) is 23.9 Å². The van der Waals surface area contributed by atoms with Gasteiger partial charge in [0.25, 0.3) is 0 Å². The molecule has 4 heteroatoms. The molecule has 0 bridgehead atoms. The van der Waals surface area contributed by atoms with Gasteiger partial charge in [0.15, 0.2) is 0 Å². The number of esters is 1. The van der Waals surface area contributed by atoms with Crippen molar-refractivity contribution in [3.63, 3.8) is 0 Å². The first-order valence-corrected chi connectivity index (χ1v) is 5.07. The molecular formula is C10H11NO2S. The number of carbonyl (C=O) groups is 1. The van der Waals surface area contributed by atoms with Gasteiger partial charge in [-0.3, -0.25) is 4.79 Å². The normalized spacial score (nSPS) is 11.8. The summed E-state index contributed by atoms with van der Waals surface area (Å²) in [4.78, 5) is 12.2. The smallest absolute Gasteiger partial charge is 0.323 e. The van der Waals surface area contributed by atoms with Gasteiger partial charge >= 0.3 is 5.97 Å². The van der Waals surface area contributed by atoms with Crippen molar-refractivity contribution in [2.24, 2.45) is 5.92 Å². The summed E-state index contributed by atoms with van der Waals surface area (Å²) in [5, 5.41) is 10.7.